The van der Waals surface area contributed by atoms with Gasteiger partial charge in [-0.1, -0.05) is 0 Å². The van der Waals surface area contributed by atoms with E-state index < -0.39 is 23.2 Å². The van der Waals surface area contributed by atoms with Gasteiger partial charge in [0.15, 0.2) is 28.8 Å². The van der Waals surface area contributed by atoms with Crippen molar-refractivity contribution in [3.05, 3.63) is 57.5 Å². The Morgan fingerprint density at radius 1 is 0.966 bits per heavy atom. The first kappa shape index (κ1) is 17.2. The molecule has 3 aromatic rings. The van der Waals surface area contributed by atoms with Crippen molar-refractivity contribution in [2.75, 3.05) is 0 Å². The Hall–Kier alpha value is -3.94. The maximum atomic E-state index is 12.7. The summed E-state index contributed by atoms with van der Waals surface area (Å²) in [7, 11) is 0. The molecule has 0 amide bonds. The highest BCUT2D eigenvalue weighted by molar-refractivity contribution is 6.04. The molecule has 2 atom stereocenters. The summed E-state index contributed by atoms with van der Waals surface area (Å²) in [5, 5.41) is 39.8. The molecule has 5 rings (SSSR count). The second-order valence-electron chi connectivity index (χ2n) is 7.10. The van der Waals surface area contributed by atoms with Crippen molar-refractivity contribution >= 4 is 16.8 Å². The zero-order chi connectivity index (χ0) is 20.6. The van der Waals surface area contributed by atoms with Crippen LogP contribution in [0.5, 0.6) is 23.0 Å². The van der Waals surface area contributed by atoms with Crippen LogP contribution in [0.3, 0.4) is 0 Å². The lowest BCUT2D eigenvalue weighted by Crippen LogP contribution is -2.24. The van der Waals surface area contributed by atoms with Gasteiger partial charge in [-0.2, -0.15) is 0 Å². The SMILES string of the molecule is CC1=C(O)C(=O)[C@H]2Oc3cc4oc(-c5ccc(O)c(O)c5)cc(=O)c4c(O)c3[C@@H]12. The standard InChI is InChI=1S/C21H14O8/c1-7-15-17-14(29-21(15)20(27)18(7)25)6-13-16(19(17)26)11(24)5-12(28-13)8-2-3-9(22)10(23)4-8/h2-6,15,21-23,25-26H,1H3/t15-,21+/m1/s1. The first-order valence-corrected chi connectivity index (χ1v) is 8.74. The normalized spacial score (nSPS) is 20.1. The van der Waals surface area contributed by atoms with Gasteiger partial charge in [-0.25, -0.2) is 0 Å². The number of phenols is 3. The van der Waals surface area contributed by atoms with Crippen molar-refractivity contribution in [1.82, 2.24) is 0 Å². The average molecular weight is 394 g/mol. The van der Waals surface area contributed by atoms with E-state index in [-0.39, 0.29) is 51.1 Å². The van der Waals surface area contributed by atoms with E-state index in [1.165, 1.54) is 24.3 Å². The molecule has 0 saturated carbocycles. The van der Waals surface area contributed by atoms with Crippen LogP contribution in [0.1, 0.15) is 18.4 Å². The topological polar surface area (TPSA) is 137 Å². The van der Waals surface area contributed by atoms with Crippen LogP contribution in [0.2, 0.25) is 0 Å². The number of carbonyl (C=O) groups is 1. The number of benzene rings is 2. The third-order valence-corrected chi connectivity index (χ3v) is 5.45. The molecule has 29 heavy (non-hydrogen) atoms. The van der Waals surface area contributed by atoms with E-state index in [1.807, 2.05) is 0 Å². The monoisotopic (exact) mass is 394 g/mol. The molecule has 2 aliphatic rings. The van der Waals surface area contributed by atoms with Crippen molar-refractivity contribution < 1.29 is 34.4 Å². The lowest BCUT2D eigenvalue weighted by Gasteiger charge is -2.11. The van der Waals surface area contributed by atoms with Crippen LogP contribution in [0, 0.1) is 0 Å². The summed E-state index contributed by atoms with van der Waals surface area (Å²) in [6.07, 6.45) is -0.990. The number of fused-ring (bicyclic) bond motifs is 4. The minimum Gasteiger partial charge on any atom is -0.507 e. The summed E-state index contributed by atoms with van der Waals surface area (Å²) >= 11 is 0. The fraction of sp³-hybridized carbons (Fsp3) is 0.143. The zero-order valence-electron chi connectivity index (χ0n) is 15.0. The quantitative estimate of drug-likeness (QED) is 0.462. The van der Waals surface area contributed by atoms with Gasteiger partial charge in [0, 0.05) is 23.3 Å². The number of ether oxygens (including phenoxy) is 1. The van der Waals surface area contributed by atoms with Gasteiger partial charge < -0.3 is 29.6 Å². The van der Waals surface area contributed by atoms with Gasteiger partial charge in [0.1, 0.15) is 28.2 Å². The molecule has 1 aliphatic heterocycles. The summed E-state index contributed by atoms with van der Waals surface area (Å²) in [5.74, 6) is -2.39. The van der Waals surface area contributed by atoms with Crippen molar-refractivity contribution in [3.8, 4) is 34.3 Å². The average Bonchev–Trinajstić information content (AvgIpc) is 3.15. The van der Waals surface area contributed by atoms with E-state index in [9.17, 15) is 30.0 Å². The second-order valence-corrected chi connectivity index (χ2v) is 7.10. The molecule has 8 heteroatoms. The number of aliphatic hydroxyl groups is 1. The number of Topliss-reactive ketones (excluding diaryl/α,β-unsaturated/α-hetero) is 1. The summed E-state index contributed by atoms with van der Waals surface area (Å²) in [6, 6.07) is 6.54. The van der Waals surface area contributed by atoms with Crippen molar-refractivity contribution in [1.29, 1.82) is 0 Å². The van der Waals surface area contributed by atoms with Gasteiger partial charge in [0.05, 0.1) is 5.92 Å². The fourth-order valence-corrected chi connectivity index (χ4v) is 3.99. The number of phenolic OH excluding ortho intramolecular Hbond substituents is 3. The Bertz CT molecular complexity index is 1330. The largest absolute Gasteiger partial charge is 0.507 e. The van der Waals surface area contributed by atoms with Gasteiger partial charge in [0.25, 0.3) is 0 Å². The van der Waals surface area contributed by atoms with E-state index in [4.69, 9.17) is 9.15 Å². The predicted molar refractivity (Wildman–Crippen MR) is 100 cm³/mol. The summed E-state index contributed by atoms with van der Waals surface area (Å²) in [6.45, 7) is 1.57. The molecule has 0 unspecified atom stereocenters. The number of aliphatic hydroxyl groups excluding tert-OH is 1. The smallest absolute Gasteiger partial charge is 0.238 e. The summed E-state index contributed by atoms with van der Waals surface area (Å²) in [4.78, 5) is 24.9. The number of hydrogen-bond donors (Lipinski definition) is 4. The van der Waals surface area contributed by atoms with Crippen LogP contribution < -0.4 is 10.2 Å². The highest BCUT2D eigenvalue weighted by Crippen LogP contribution is 2.53. The van der Waals surface area contributed by atoms with Crippen LogP contribution in [0.4, 0.5) is 0 Å². The number of aromatic hydroxyl groups is 3. The van der Waals surface area contributed by atoms with E-state index in [0.717, 1.165) is 6.07 Å². The number of ketones is 1. The second kappa shape index (κ2) is 5.54. The molecule has 2 heterocycles. The molecular formula is C21H14O8. The Labute approximate surface area is 162 Å². The number of rotatable bonds is 1. The fourth-order valence-electron chi connectivity index (χ4n) is 3.99. The van der Waals surface area contributed by atoms with E-state index >= 15 is 0 Å². The molecule has 4 N–H and O–H groups in total. The van der Waals surface area contributed by atoms with E-state index in [2.05, 4.69) is 0 Å². The molecular weight excluding hydrogens is 380 g/mol. The Balaban J connectivity index is 1.74. The maximum absolute atomic E-state index is 12.7. The van der Waals surface area contributed by atoms with Crippen molar-refractivity contribution in [3.63, 3.8) is 0 Å². The van der Waals surface area contributed by atoms with Gasteiger partial charge in [-0.3, -0.25) is 9.59 Å². The van der Waals surface area contributed by atoms with Gasteiger partial charge >= 0.3 is 0 Å². The minimum atomic E-state index is -0.990. The molecule has 8 nitrogen and oxygen atoms in total. The van der Waals surface area contributed by atoms with Crippen LogP contribution >= 0.6 is 0 Å². The molecule has 1 aromatic heterocycles. The molecule has 0 fully saturated rings. The highest BCUT2D eigenvalue weighted by Gasteiger charge is 2.50. The number of hydrogen-bond acceptors (Lipinski definition) is 8. The van der Waals surface area contributed by atoms with Crippen LogP contribution in [-0.2, 0) is 4.79 Å². The Morgan fingerprint density at radius 3 is 2.45 bits per heavy atom. The third kappa shape index (κ3) is 2.19. The van der Waals surface area contributed by atoms with Gasteiger partial charge in [-0.15, -0.1) is 0 Å². The van der Waals surface area contributed by atoms with Crippen LogP contribution in [-0.4, -0.2) is 32.3 Å². The first-order chi connectivity index (χ1) is 13.8. The van der Waals surface area contributed by atoms with E-state index in [1.54, 1.807) is 6.92 Å². The van der Waals surface area contributed by atoms with Gasteiger partial charge in [-0.05, 0) is 30.7 Å². The number of carbonyl (C=O) groups excluding carboxylic acids is 1. The molecule has 0 spiro atoms. The molecule has 146 valence electrons. The Morgan fingerprint density at radius 2 is 1.72 bits per heavy atom. The molecule has 0 bridgehead atoms. The van der Waals surface area contributed by atoms with Crippen LogP contribution in [0.25, 0.3) is 22.3 Å². The zero-order valence-corrected chi connectivity index (χ0v) is 15.0. The molecule has 0 saturated heterocycles. The predicted octanol–water partition coefficient (Wildman–Crippen LogP) is 2.84. The highest BCUT2D eigenvalue weighted by atomic mass is 16.5. The maximum Gasteiger partial charge on any atom is 0.238 e. The van der Waals surface area contributed by atoms with E-state index in [0.29, 0.717) is 11.1 Å². The minimum absolute atomic E-state index is 0.0367. The van der Waals surface area contributed by atoms with Gasteiger partial charge in [0.2, 0.25) is 5.78 Å². The van der Waals surface area contributed by atoms with Crippen LogP contribution in [0.15, 0.2) is 50.9 Å². The molecule has 0 radical (unpaired) electrons. The lowest BCUT2D eigenvalue weighted by molar-refractivity contribution is -0.122. The Kier molecular flexibility index (Phi) is 3.28. The van der Waals surface area contributed by atoms with Crippen molar-refractivity contribution in [2.45, 2.75) is 18.9 Å². The molecule has 1 aliphatic carbocycles. The van der Waals surface area contributed by atoms with Crippen molar-refractivity contribution in [2.24, 2.45) is 0 Å². The lowest BCUT2D eigenvalue weighted by atomic mass is 9.91. The summed E-state index contributed by atoms with van der Waals surface area (Å²) < 4.78 is 11.4. The first-order valence-electron chi connectivity index (χ1n) is 8.74. The third-order valence-electron chi connectivity index (χ3n) is 5.45. The summed E-state index contributed by atoms with van der Waals surface area (Å²) in [5.41, 5.74) is 0.479. The molecule has 2 aromatic carbocycles.